The molecule has 106 valence electrons. The Balaban J connectivity index is 2.17. The average molecular weight is 278 g/mol. The number of aryl methyl sites for hydroxylation is 1. The zero-order valence-corrected chi connectivity index (χ0v) is 11.5. The molecule has 0 nitrogen and oxygen atoms in total. The van der Waals surface area contributed by atoms with Crippen molar-refractivity contribution < 1.29 is 13.2 Å². The van der Waals surface area contributed by atoms with Crippen LogP contribution in [-0.2, 0) is 12.6 Å². The Morgan fingerprint density at radius 2 is 1.65 bits per heavy atom. The van der Waals surface area contributed by atoms with Gasteiger partial charge in [-0.25, -0.2) is 0 Å². The number of rotatable bonds is 3. The minimum absolute atomic E-state index is 0.0556. The summed E-state index contributed by atoms with van der Waals surface area (Å²) in [5, 5.41) is 0. The van der Waals surface area contributed by atoms with Crippen LogP contribution in [0.2, 0.25) is 0 Å². The number of halogens is 3. The first-order valence-electron chi connectivity index (χ1n) is 6.59. The first kappa shape index (κ1) is 14.6. The van der Waals surface area contributed by atoms with Crippen molar-refractivity contribution in [3.8, 4) is 0 Å². The minimum Gasteiger partial charge on any atom is -0.166 e. The minimum atomic E-state index is -4.28. The molecule has 0 fully saturated rings. The lowest BCUT2D eigenvalue weighted by Crippen LogP contribution is -2.07. The summed E-state index contributed by atoms with van der Waals surface area (Å²) in [7, 11) is 0. The van der Waals surface area contributed by atoms with E-state index in [0.717, 1.165) is 23.6 Å². The summed E-state index contributed by atoms with van der Waals surface area (Å²) >= 11 is 0. The molecular weight excluding hydrogens is 261 g/mol. The van der Waals surface area contributed by atoms with E-state index in [1.807, 2.05) is 38.1 Å². The quantitative estimate of drug-likeness (QED) is 0.709. The molecule has 1 unspecified atom stereocenters. The second-order valence-corrected chi connectivity index (χ2v) is 5.21. The van der Waals surface area contributed by atoms with Crippen molar-refractivity contribution in [1.29, 1.82) is 0 Å². The van der Waals surface area contributed by atoms with Gasteiger partial charge in [0.15, 0.2) is 0 Å². The van der Waals surface area contributed by atoms with Crippen LogP contribution in [0, 0.1) is 6.92 Å². The molecule has 1 atom stereocenters. The van der Waals surface area contributed by atoms with Gasteiger partial charge in [0.05, 0.1) is 5.56 Å². The van der Waals surface area contributed by atoms with Gasteiger partial charge in [-0.05, 0) is 36.5 Å². The van der Waals surface area contributed by atoms with Gasteiger partial charge < -0.3 is 0 Å². The summed E-state index contributed by atoms with van der Waals surface area (Å²) < 4.78 is 38.1. The molecule has 0 saturated heterocycles. The SMILES string of the molecule is Cc1ccc(CC(C)c2cccc(C(F)(F)F)c2)cc1. The Morgan fingerprint density at radius 3 is 2.25 bits per heavy atom. The van der Waals surface area contributed by atoms with Crippen molar-refractivity contribution in [2.24, 2.45) is 0 Å². The van der Waals surface area contributed by atoms with Crippen LogP contribution in [-0.4, -0.2) is 0 Å². The molecule has 0 aliphatic carbocycles. The van der Waals surface area contributed by atoms with Crippen LogP contribution >= 0.6 is 0 Å². The Bertz CT molecular complexity index is 568. The highest BCUT2D eigenvalue weighted by atomic mass is 19.4. The fourth-order valence-corrected chi connectivity index (χ4v) is 2.22. The van der Waals surface area contributed by atoms with Crippen molar-refractivity contribution in [2.75, 3.05) is 0 Å². The summed E-state index contributed by atoms with van der Waals surface area (Å²) in [6.45, 7) is 3.97. The van der Waals surface area contributed by atoms with Crippen LogP contribution < -0.4 is 0 Å². The van der Waals surface area contributed by atoms with E-state index in [4.69, 9.17) is 0 Å². The molecule has 0 aliphatic rings. The fourth-order valence-electron chi connectivity index (χ4n) is 2.22. The van der Waals surface area contributed by atoms with E-state index in [-0.39, 0.29) is 5.92 Å². The van der Waals surface area contributed by atoms with Gasteiger partial charge in [0.2, 0.25) is 0 Å². The van der Waals surface area contributed by atoms with Crippen molar-refractivity contribution in [3.63, 3.8) is 0 Å². The number of hydrogen-bond donors (Lipinski definition) is 0. The normalized spacial score (nSPS) is 13.2. The molecule has 3 heteroatoms. The van der Waals surface area contributed by atoms with E-state index in [2.05, 4.69) is 0 Å². The van der Waals surface area contributed by atoms with Gasteiger partial charge in [-0.15, -0.1) is 0 Å². The predicted octanol–water partition coefficient (Wildman–Crippen LogP) is 5.36. The molecule has 0 heterocycles. The topological polar surface area (TPSA) is 0 Å². The summed E-state index contributed by atoms with van der Waals surface area (Å²) in [5.74, 6) is 0.0556. The summed E-state index contributed by atoms with van der Waals surface area (Å²) in [6, 6.07) is 13.7. The van der Waals surface area contributed by atoms with Crippen LogP contribution in [0.3, 0.4) is 0 Å². The highest BCUT2D eigenvalue weighted by Gasteiger charge is 2.30. The lowest BCUT2D eigenvalue weighted by atomic mass is 9.92. The van der Waals surface area contributed by atoms with E-state index < -0.39 is 11.7 Å². The molecule has 2 aromatic rings. The molecule has 2 rings (SSSR count). The third-order valence-corrected chi connectivity index (χ3v) is 3.45. The van der Waals surface area contributed by atoms with E-state index >= 15 is 0 Å². The van der Waals surface area contributed by atoms with E-state index in [1.165, 1.54) is 17.7 Å². The molecule has 0 N–H and O–H groups in total. The van der Waals surface area contributed by atoms with Crippen molar-refractivity contribution >= 4 is 0 Å². The average Bonchev–Trinajstić information content (AvgIpc) is 2.40. The zero-order valence-electron chi connectivity index (χ0n) is 11.5. The summed E-state index contributed by atoms with van der Waals surface area (Å²) in [6.07, 6.45) is -3.54. The monoisotopic (exact) mass is 278 g/mol. The molecule has 0 saturated carbocycles. The number of hydrogen-bond acceptors (Lipinski definition) is 0. The largest absolute Gasteiger partial charge is 0.416 e. The predicted molar refractivity (Wildman–Crippen MR) is 74.7 cm³/mol. The van der Waals surface area contributed by atoms with Crippen LogP contribution in [0.15, 0.2) is 48.5 Å². The molecule has 2 aromatic carbocycles. The molecule has 20 heavy (non-hydrogen) atoms. The zero-order chi connectivity index (χ0) is 14.8. The van der Waals surface area contributed by atoms with Crippen LogP contribution in [0.1, 0.15) is 35.1 Å². The van der Waals surface area contributed by atoms with Crippen molar-refractivity contribution in [2.45, 2.75) is 32.4 Å². The highest BCUT2D eigenvalue weighted by Crippen LogP contribution is 2.31. The smallest absolute Gasteiger partial charge is 0.166 e. The van der Waals surface area contributed by atoms with Gasteiger partial charge in [0.25, 0.3) is 0 Å². The van der Waals surface area contributed by atoms with Gasteiger partial charge in [0.1, 0.15) is 0 Å². The maximum absolute atomic E-state index is 12.7. The van der Waals surface area contributed by atoms with Crippen LogP contribution in [0.25, 0.3) is 0 Å². The molecule has 0 aromatic heterocycles. The first-order valence-corrected chi connectivity index (χ1v) is 6.59. The van der Waals surface area contributed by atoms with Crippen LogP contribution in [0.5, 0.6) is 0 Å². The summed E-state index contributed by atoms with van der Waals surface area (Å²) in [5.41, 5.74) is 2.46. The molecule has 0 spiro atoms. The van der Waals surface area contributed by atoms with E-state index in [1.54, 1.807) is 6.07 Å². The molecule has 0 amide bonds. The molecular formula is C17H17F3. The third kappa shape index (κ3) is 3.62. The molecule has 0 aliphatic heterocycles. The Hall–Kier alpha value is -1.77. The molecule has 0 radical (unpaired) electrons. The first-order chi connectivity index (χ1) is 9.36. The lowest BCUT2D eigenvalue weighted by molar-refractivity contribution is -0.137. The fraction of sp³-hybridized carbons (Fsp3) is 0.294. The number of benzene rings is 2. The lowest BCUT2D eigenvalue weighted by Gasteiger charge is -2.14. The van der Waals surface area contributed by atoms with Crippen molar-refractivity contribution in [1.82, 2.24) is 0 Å². The molecule has 0 bridgehead atoms. The third-order valence-electron chi connectivity index (χ3n) is 3.45. The van der Waals surface area contributed by atoms with Gasteiger partial charge >= 0.3 is 6.18 Å². The highest BCUT2D eigenvalue weighted by molar-refractivity contribution is 5.30. The standard InChI is InChI=1S/C17H17F3/c1-12-6-8-14(9-7-12)10-13(2)15-4-3-5-16(11-15)17(18,19)20/h3-9,11,13H,10H2,1-2H3. The van der Waals surface area contributed by atoms with E-state index in [9.17, 15) is 13.2 Å². The maximum atomic E-state index is 12.7. The number of alkyl halides is 3. The van der Waals surface area contributed by atoms with Gasteiger partial charge in [-0.1, -0.05) is 55.0 Å². The Morgan fingerprint density at radius 1 is 1.00 bits per heavy atom. The second kappa shape index (κ2) is 5.70. The Labute approximate surface area is 117 Å². The summed E-state index contributed by atoms with van der Waals surface area (Å²) in [4.78, 5) is 0. The van der Waals surface area contributed by atoms with Gasteiger partial charge in [0, 0.05) is 0 Å². The van der Waals surface area contributed by atoms with Gasteiger partial charge in [-0.3, -0.25) is 0 Å². The maximum Gasteiger partial charge on any atom is 0.416 e. The van der Waals surface area contributed by atoms with E-state index in [0.29, 0.717) is 0 Å². The van der Waals surface area contributed by atoms with Crippen LogP contribution in [0.4, 0.5) is 13.2 Å². The Kier molecular flexibility index (Phi) is 4.17. The van der Waals surface area contributed by atoms with Crippen molar-refractivity contribution in [3.05, 3.63) is 70.8 Å². The second-order valence-electron chi connectivity index (χ2n) is 5.21. The van der Waals surface area contributed by atoms with Gasteiger partial charge in [-0.2, -0.15) is 13.2 Å².